The quantitative estimate of drug-likeness (QED) is 0.157. The van der Waals surface area contributed by atoms with Gasteiger partial charge in [0, 0.05) is 6.54 Å². The minimum atomic E-state index is -0.695. The molecule has 0 saturated carbocycles. The topological polar surface area (TPSA) is 114 Å². The maximum atomic E-state index is 13.1. The molecule has 0 aromatic heterocycles. The van der Waals surface area contributed by atoms with Crippen LogP contribution in [-0.2, 0) is 24.0 Å². The Kier molecular flexibility index (Phi) is 17.9. The van der Waals surface area contributed by atoms with E-state index >= 15 is 0 Å². The van der Waals surface area contributed by atoms with Crippen molar-refractivity contribution in [2.24, 2.45) is 0 Å². The van der Waals surface area contributed by atoms with E-state index in [1.165, 1.54) is 4.90 Å². The third-order valence-electron chi connectivity index (χ3n) is 5.36. The fourth-order valence-electron chi connectivity index (χ4n) is 3.26. The van der Waals surface area contributed by atoms with Crippen molar-refractivity contribution in [2.75, 3.05) is 78.5 Å². The summed E-state index contributed by atoms with van der Waals surface area (Å²) in [5.74, 6) is 11.0. The van der Waals surface area contributed by atoms with Crippen LogP contribution in [0.5, 0.6) is 0 Å². The van der Waals surface area contributed by atoms with Gasteiger partial charge in [-0.15, -0.1) is 38.5 Å². The molecule has 41 heavy (non-hydrogen) atoms. The summed E-state index contributed by atoms with van der Waals surface area (Å²) in [6.07, 6.45) is 32.0. The average Bonchev–Trinajstić information content (AvgIpc) is 2.94. The zero-order chi connectivity index (χ0) is 31.2. The normalized spacial score (nSPS) is 9.24. The van der Waals surface area contributed by atoms with E-state index in [0.29, 0.717) is 6.54 Å². The van der Waals surface area contributed by atoms with E-state index in [0.717, 1.165) is 19.6 Å². The Labute approximate surface area is 242 Å². The van der Waals surface area contributed by atoms with Crippen molar-refractivity contribution in [1.82, 2.24) is 29.8 Å². The van der Waals surface area contributed by atoms with Crippen LogP contribution in [0, 0.1) is 74.1 Å². The summed E-state index contributed by atoms with van der Waals surface area (Å²) in [6.45, 7) is -0.667. The smallest absolute Gasteiger partial charge is 0.243 e. The first-order chi connectivity index (χ1) is 19.6. The van der Waals surface area contributed by atoms with Crippen LogP contribution in [0.15, 0.2) is 0 Å². The van der Waals surface area contributed by atoms with Gasteiger partial charge in [-0.25, -0.2) is 0 Å². The first kappa shape index (κ1) is 35.7. The van der Waals surface area contributed by atoms with Gasteiger partial charge < -0.3 is 24.5 Å². The molecule has 1 N–H and O–H groups in total. The molecule has 0 rings (SSSR count). The lowest BCUT2D eigenvalue weighted by molar-refractivity contribution is -0.146. The van der Waals surface area contributed by atoms with Crippen LogP contribution >= 0.6 is 0 Å². The largest absolute Gasteiger partial charge is 0.330 e. The second-order valence-corrected chi connectivity index (χ2v) is 8.24. The molecule has 0 saturated heterocycles. The fraction of sp³-hybridized carbons (Fsp3) is 0.433. The maximum Gasteiger partial charge on any atom is 0.243 e. The molecule has 214 valence electrons. The first-order valence-corrected chi connectivity index (χ1v) is 12.3. The van der Waals surface area contributed by atoms with Gasteiger partial charge in [0.2, 0.25) is 29.5 Å². The molecular formula is C30H34N6O5. The second-order valence-electron chi connectivity index (χ2n) is 8.24. The number of carbonyl (C=O) groups is 5. The lowest BCUT2D eigenvalue weighted by Crippen LogP contribution is -2.51. The average molecular weight is 559 g/mol. The van der Waals surface area contributed by atoms with Gasteiger partial charge in [0.25, 0.3) is 0 Å². The number of terminal acetylenes is 6. The van der Waals surface area contributed by atoms with Gasteiger partial charge in [-0.1, -0.05) is 35.5 Å². The Morgan fingerprint density at radius 2 is 0.780 bits per heavy atom. The molecule has 0 atom stereocenters. The van der Waals surface area contributed by atoms with Crippen molar-refractivity contribution in [1.29, 1.82) is 0 Å². The Morgan fingerprint density at radius 3 is 1.07 bits per heavy atom. The number of carbonyl (C=O) groups excluding carboxylic acids is 5. The molecule has 0 spiro atoms. The Morgan fingerprint density at radius 1 is 0.488 bits per heavy atom. The molecule has 11 heteroatoms. The van der Waals surface area contributed by atoms with E-state index in [4.69, 9.17) is 38.5 Å². The zero-order valence-electron chi connectivity index (χ0n) is 23.2. The molecule has 0 heterocycles. The molecular weight excluding hydrogens is 524 g/mol. The maximum absolute atomic E-state index is 13.1. The van der Waals surface area contributed by atoms with Crippen LogP contribution in [0.2, 0.25) is 0 Å². The summed E-state index contributed by atoms with van der Waals surface area (Å²) >= 11 is 0. The van der Waals surface area contributed by atoms with Crippen LogP contribution in [0.4, 0.5) is 0 Å². The van der Waals surface area contributed by atoms with E-state index in [1.54, 1.807) is 6.92 Å². The summed E-state index contributed by atoms with van der Waals surface area (Å²) in [5, 5.41) is 2.71. The lowest BCUT2D eigenvalue weighted by atomic mass is 10.3. The fourth-order valence-corrected chi connectivity index (χ4v) is 3.26. The number of hydrogen-bond donors (Lipinski definition) is 1. The SMILES string of the molecule is C#CCNCC(=O)N(CC#C)CC(=O)N(CC#C)CC(=O)N(CC#C)CC(=O)N(CC#C)CC(=O)N(CC)CC#C. The van der Waals surface area contributed by atoms with Gasteiger partial charge in [0.05, 0.1) is 45.8 Å². The summed E-state index contributed by atoms with van der Waals surface area (Å²) in [4.78, 5) is 69.8. The molecule has 0 fully saturated rings. The molecule has 5 amide bonds. The number of nitrogens with one attached hydrogen (secondary N) is 1. The van der Waals surface area contributed by atoms with Crippen molar-refractivity contribution >= 4 is 29.5 Å². The molecule has 11 nitrogen and oxygen atoms in total. The zero-order valence-corrected chi connectivity index (χ0v) is 23.2. The molecule has 0 radical (unpaired) electrons. The van der Waals surface area contributed by atoms with Crippen molar-refractivity contribution in [3.05, 3.63) is 0 Å². The summed E-state index contributed by atoms with van der Waals surface area (Å²) < 4.78 is 0. The highest BCUT2D eigenvalue weighted by atomic mass is 16.2. The number of amides is 5. The van der Waals surface area contributed by atoms with Gasteiger partial charge in [-0.05, 0) is 6.92 Å². The molecule has 0 bridgehead atoms. The second kappa shape index (κ2) is 20.6. The van der Waals surface area contributed by atoms with E-state index in [2.05, 4.69) is 40.8 Å². The highest BCUT2D eigenvalue weighted by molar-refractivity contribution is 5.92. The summed E-state index contributed by atoms with van der Waals surface area (Å²) in [7, 11) is 0. The Hall–Kier alpha value is -5.33. The summed E-state index contributed by atoms with van der Waals surface area (Å²) in [6, 6.07) is 0. The van der Waals surface area contributed by atoms with Crippen molar-refractivity contribution in [3.63, 3.8) is 0 Å². The predicted octanol–water partition coefficient (Wildman–Crippen LogP) is -2.46. The van der Waals surface area contributed by atoms with E-state index < -0.39 is 49.2 Å². The van der Waals surface area contributed by atoms with Crippen molar-refractivity contribution in [2.45, 2.75) is 6.92 Å². The summed E-state index contributed by atoms with van der Waals surface area (Å²) in [5.41, 5.74) is 0. The number of hydrogen-bond acceptors (Lipinski definition) is 6. The molecule has 0 unspecified atom stereocenters. The van der Waals surface area contributed by atoms with E-state index in [1.807, 2.05) is 0 Å². The van der Waals surface area contributed by atoms with Crippen LogP contribution in [0.3, 0.4) is 0 Å². The monoisotopic (exact) mass is 558 g/mol. The molecule has 0 aliphatic rings. The van der Waals surface area contributed by atoms with Crippen LogP contribution in [0.1, 0.15) is 6.92 Å². The standard InChI is InChI=1S/C30H34N6O5/c1-8-15-31-21-26(37)33(17-10-3)23-28(39)35(19-12-5)25-30(41)36(20-13-6)24-29(40)34(18-11-4)22-27(38)32(14-7)16-9-2/h1-6,31H,14-25H2,7H3. The van der Waals surface area contributed by atoms with Crippen LogP contribution in [-0.4, -0.2) is 133 Å². The van der Waals surface area contributed by atoms with E-state index in [-0.39, 0.29) is 52.4 Å². The van der Waals surface area contributed by atoms with Crippen LogP contribution in [0.25, 0.3) is 0 Å². The Balaban J connectivity index is 5.65. The third-order valence-corrected chi connectivity index (χ3v) is 5.36. The number of rotatable bonds is 17. The van der Waals surface area contributed by atoms with Gasteiger partial charge in [0.15, 0.2) is 0 Å². The van der Waals surface area contributed by atoms with Gasteiger partial charge in [-0.3, -0.25) is 29.3 Å². The highest BCUT2D eigenvalue weighted by Crippen LogP contribution is 2.02. The van der Waals surface area contributed by atoms with Gasteiger partial charge in [-0.2, -0.15) is 0 Å². The molecule has 0 aromatic rings. The molecule has 0 aliphatic heterocycles. The first-order valence-electron chi connectivity index (χ1n) is 12.3. The number of nitrogens with zero attached hydrogens (tertiary/aromatic N) is 5. The lowest BCUT2D eigenvalue weighted by Gasteiger charge is -2.29. The number of likely N-dealkylation sites (N-methyl/N-ethyl adjacent to an activating group) is 1. The molecule has 0 aliphatic carbocycles. The van der Waals surface area contributed by atoms with E-state index in [9.17, 15) is 24.0 Å². The van der Waals surface area contributed by atoms with Crippen molar-refractivity contribution in [3.8, 4) is 74.1 Å². The van der Waals surface area contributed by atoms with Gasteiger partial charge >= 0.3 is 0 Å². The Bertz CT molecular complexity index is 1200. The minimum Gasteiger partial charge on any atom is -0.330 e. The molecule has 0 aromatic carbocycles. The van der Waals surface area contributed by atoms with Crippen molar-refractivity contribution < 1.29 is 24.0 Å². The third kappa shape index (κ3) is 13.3. The minimum absolute atomic E-state index is 0.0555. The predicted molar refractivity (Wildman–Crippen MR) is 154 cm³/mol. The van der Waals surface area contributed by atoms with Gasteiger partial charge in [0.1, 0.15) is 26.2 Å². The highest BCUT2D eigenvalue weighted by Gasteiger charge is 2.27. The van der Waals surface area contributed by atoms with Crippen LogP contribution < -0.4 is 5.32 Å².